The Kier molecular flexibility index (Phi) is 6.74. The predicted molar refractivity (Wildman–Crippen MR) is 93.9 cm³/mol. The minimum atomic E-state index is -0.838. The van der Waals surface area contributed by atoms with Gasteiger partial charge in [0.15, 0.2) is 0 Å². The zero-order chi connectivity index (χ0) is 17.7. The highest BCUT2D eigenvalue weighted by Crippen LogP contribution is 2.21. The van der Waals surface area contributed by atoms with Crippen molar-refractivity contribution in [2.75, 3.05) is 26.7 Å². The minimum Gasteiger partial charge on any atom is -0.481 e. The molecule has 0 aliphatic carbocycles. The number of aromatic nitrogens is 1. The average molecular weight is 353 g/mol. The first-order valence-electron chi connectivity index (χ1n) is 8.42. The molecule has 1 aliphatic rings. The molecule has 2 unspecified atom stereocenters. The van der Waals surface area contributed by atoms with E-state index in [4.69, 9.17) is 5.11 Å². The largest absolute Gasteiger partial charge is 0.481 e. The molecule has 24 heavy (non-hydrogen) atoms. The number of aryl methyl sites for hydroxylation is 1. The molecule has 0 radical (unpaired) electrons. The molecule has 1 amide bonds. The summed E-state index contributed by atoms with van der Waals surface area (Å²) in [6.07, 6.45) is 1.40. The van der Waals surface area contributed by atoms with Crippen LogP contribution >= 0.6 is 11.3 Å². The van der Waals surface area contributed by atoms with Crippen LogP contribution in [0, 0.1) is 18.8 Å². The van der Waals surface area contributed by atoms with Gasteiger partial charge in [-0.25, -0.2) is 4.98 Å². The Morgan fingerprint density at radius 3 is 2.88 bits per heavy atom. The number of nitrogens with zero attached hydrogens (tertiary/aromatic N) is 3. The zero-order valence-corrected chi connectivity index (χ0v) is 15.5. The van der Waals surface area contributed by atoms with Crippen LogP contribution in [0.15, 0.2) is 5.51 Å². The number of amides is 1. The minimum absolute atomic E-state index is 0.0555. The van der Waals surface area contributed by atoms with E-state index in [1.165, 1.54) is 4.88 Å². The lowest BCUT2D eigenvalue weighted by molar-refractivity contribution is -0.138. The van der Waals surface area contributed by atoms with E-state index in [2.05, 4.69) is 16.9 Å². The molecule has 0 spiro atoms. The van der Waals surface area contributed by atoms with Crippen molar-refractivity contribution in [3.8, 4) is 0 Å². The summed E-state index contributed by atoms with van der Waals surface area (Å²) >= 11 is 1.69. The molecule has 134 valence electrons. The van der Waals surface area contributed by atoms with E-state index in [0.717, 1.165) is 38.3 Å². The van der Waals surface area contributed by atoms with E-state index in [-0.39, 0.29) is 18.2 Å². The van der Waals surface area contributed by atoms with Gasteiger partial charge >= 0.3 is 5.97 Å². The number of likely N-dealkylation sites (tertiary alicyclic amines) is 1. The first-order valence-corrected chi connectivity index (χ1v) is 9.30. The van der Waals surface area contributed by atoms with Gasteiger partial charge in [-0.2, -0.15) is 0 Å². The van der Waals surface area contributed by atoms with Crippen LogP contribution in [0.3, 0.4) is 0 Å². The number of carboxylic acids is 1. The van der Waals surface area contributed by atoms with Crippen molar-refractivity contribution in [2.45, 2.75) is 39.7 Å². The predicted octanol–water partition coefficient (Wildman–Crippen LogP) is 2.23. The lowest BCUT2D eigenvalue weighted by Gasteiger charge is -2.22. The Morgan fingerprint density at radius 2 is 2.25 bits per heavy atom. The van der Waals surface area contributed by atoms with Gasteiger partial charge in [-0.15, -0.1) is 11.3 Å². The summed E-state index contributed by atoms with van der Waals surface area (Å²) in [6, 6.07) is 0. The van der Waals surface area contributed by atoms with Crippen molar-refractivity contribution >= 4 is 23.2 Å². The highest BCUT2D eigenvalue weighted by Gasteiger charge is 2.28. The van der Waals surface area contributed by atoms with Gasteiger partial charge in [0.1, 0.15) is 0 Å². The molecule has 1 aliphatic heterocycles. The quantitative estimate of drug-likeness (QED) is 0.776. The third-order valence-electron chi connectivity index (χ3n) is 4.51. The topological polar surface area (TPSA) is 73.7 Å². The Labute approximate surface area is 147 Å². The first kappa shape index (κ1) is 18.9. The molecule has 2 heterocycles. The Balaban J connectivity index is 1.75. The fourth-order valence-corrected chi connectivity index (χ4v) is 4.09. The van der Waals surface area contributed by atoms with Crippen LogP contribution in [-0.2, 0) is 16.1 Å². The fraction of sp³-hybridized carbons (Fsp3) is 0.706. The maximum atomic E-state index is 12.3. The lowest BCUT2D eigenvalue weighted by Crippen LogP contribution is -2.32. The first-order chi connectivity index (χ1) is 11.3. The van der Waals surface area contributed by atoms with Gasteiger partial charge in [-0.05, 0) is 32.2 Å². The number of hydrogen-bond acceptors (Lipinski definition) is 5. The number of hydrogen-bond donors (Lipinski definition) is 1. The smallest absolute Gasteiger partial charge is 0.303 e. The number of carboxylic acid groups (broad SMARTS) is 1. The van der Waals surface area contributed by atoms with Crippen molar-refractivity contribution < 1.29 is 14.7 Å². The van der Waals surface area contributed by atoms with E-state index in [0.29, 0.717) is 12.3 Å². The van der Waals surface area contributed by atoms with E-state index in [1.807, 2.05) is 24.3 Å². The SMILES string of the molecule is Cc1ncsc1CN(C)CC1CCN(C(=O)CC(C)CC(=O)O)C1. The van der Waals surface area contributed by atoms with Crippen LogP contribution in [0.2, 0.25) is 0 Å². The Bertz CT molecular complexity index is 575. The number of aliphatic carboxylic acids is 1. The molecule has 1 aromatic rings. The summed E-state index contributed by atoms with van der Waals surface area (Å²) < 4.78 is 0. The molecule has 2 atom stereocenters. The second-order valence-electron chi connectivity index (χ2n) is 6.96. The highest BCUT2D eigenvalue weighted by atomic mass is 32.1. The lowest BCUT2D eigenvalue weighted by atomic mass is 10.0. The molecule has 1 N–H and O–H groups in total. The van der Waals surface area contributed by atoms with Crippen LogP contribution in [0.4, 0.5) is 0 Å². The fourth-order valence-electron chi connectivity index (χ4n) is 3.23. The molecule has 1 saturated heterocycles. The van der Waals surface area contributed by atoms with Gasteiger partial charge < -0.3 is 14.9 Å². The maximum absolute atomic E-state index is 12.3. The maximum Gasteiger partial charge on any atom is 0.303 e. The molecule has 0 saturated carbocycles. The summed E-state index contributed by atoms with van der Waals surface area (Å²) in [7, 11) is 2.11. The van der Waals surface area contributed by atoms with Gasteiger partial charge in [-0.1, -0.05) is 6.92 Å². The van der Waals surface area contributed by atoms with Gasteiger partial charge in [-0.3, -0.25) is 9.59 Å². The van der Waals surface area contributed by atoms with E-state index >= 15 is 0 Å². The van der Waals surface area contributed by atoms with Crippen molar-refractivity contribution in [3.05, 3.63) is 16.1 Å². The van der Waals surface area contributed by atoms with Crippen molar-refractivity contribution in [2.24, 2.45) is 11.8 Å². The number of carbonyl (C=O) groups excluding carboxylic acids is 1. The number of carbonyl (C=O) groups is 2. The molecule has 1 aromatic heterocycles. The average Bonchev–Trinajstić information content (AvgIpc) is 3.08. The van der Waals surface area contributed by atoms with Gasteiger partial charge in [0, 0.05) is 43.9 Å². The molecule has 6 nitrogen and oxygen atoms in total. The number of thiazole rings is 1. The molecule has 7 heteroatoms. The summed E-state index contributed by atoms with van der Waals surface area (Å²) in [4.78, 5) is 32.8. The van der Waals surface area contributed by atoms with Crippen molar-refractivity contribution in [3.63, 3.8) is 0 Å². The van der Waals surface area contributed by atoms with Crippen LogP contribution in [0.5, 0.6) is 0 Å². The highest BCUT2D eigenvalue weighted by molar-refractivity contribution is 7.09. The summed E-state index contributed by atoms with van der Waals surface area (Å²) in [5.74, 6) is -0.366. The second kappa shape index (κ2) is 8.58. The Hall–Kier alpha value is -1.47. The van der Waals surface area contributed by atoms with Gasteiger partial charge in [0.2, 0.25) is 5.91 Å². The third kappa shape index (κ3) is 5.56. The Morgan fingerprint density at radius 1 is 1.50 bits per heavy atom. The molecule has 0 bridgehead atoms. The molecule has 2 rings (SSSR count). The monoisotopic (exact) mass is 353 g/mol. The second-order valence-corrected chi connectivity index (χ2v) is 7.90. The standard InChI is InChI=1S/C17H27N3O3S/c1-12(7-17(22)23)6-16(21)20-5-4-14(9-20)8-19(3)10-15-13(2)18-11-24-15/h11-12,14H,4-10H2,1-3H3,(H,22,23). The number of rotatable bonds is 8. The van der Waals surface area contributed by atoms with E-state index in [1.54, 1.807) is 11.3 Å². The molecule has 0 aromatic carbocycles. The van der Waals surface area contributed by atoms with E-state index < -0.39 is 5.97 Å². The zero-order valence-electron chi connectivity index (χ0n) is 14.7. The van der Waals surface area contributed by atoms with Crippen molar-refractivity contribution in [1.29, 1.82) is 0 Å². The van der Waals surface area contributed by atoms with Crippen LogP contribution in [0.25, 0.3) is 0 Å². The van der Waals surface area contributed by atoms with E-state index in [9.17, 15) is 9.59 Å². The molecular formula is C17H27N3O3S. The summed E-state index contributed by atoms with van der Waals surface area (Å²) in [6.45, 7) is 7.29. The van der Waals surface area contributed by atoms with Gasteiger partial charge in [0.05, 0.1) is 11.2 Å². The van der Waals surface area contributed by atoms with Crippen LogP contribution < -0.4 is 0 Å². The third-order valence-corrected chi connectivity index (χ3v) is 5.43. The van der Waals surface area contributed by atoms with Crippen LogP contribution in [-0.4, -0.2) is 58.4 Å². The summed E-state index contributed by atoms with van der Waals surface area (Å²) in [5, 5.41) is 8.79. The van der Waals surface area contributed by atoms with Crippen LogP contribution in [0.1, 0.15) is 36.8 Å². The normalized spacial score (nSPS) is 19.0. The summed E-state index contributed by atoms with van der Waals surface area (Å²) in [5.41, 5.74) is 2.98. The molecule has 1 fully saturated rings. The van der Waals surface area contributed by atoms with Crippen molar-refractivity contribution in [1.82, 2.24) is 14.8 Å². The van der Waals surface area contributed by atoms with Gasteiger partial charge in [0.25, 0.3) is 0 Å². The molecular weight excluding hydrogens is 326 g/mol.